The van der Waals surface area contributed by atoms with E-state index in [-0.39, 0.29) is 0 Å². The van der Waals surface area contributed by atoms with E-state index in [1.165, 1.54) is 0 Å². The van der Waals surface area contributed by atoms with Crippen LogP contribution >= 0.6 is 15.9 Å². The summed E-state index contributed by atoms with van der Waals surface area (Å²) >= 11 is 3.42. The topological polar surface area (TPSA) is 25.4 Å². The molecule has 16 heavy (non-hydrogen) atoms. The molecule has 0 saturated heterocycles. The summed E-state index contributed by atoms with van der Waals surface area (Å²) < 4.78 is 6.62. The summed E-state index contributed by atoms with van der Waals surface area (Å²) in [6.07, 6.45) is 0. The lowest BCUT2D eigenvalue weighted by molar-refractivity contribution is 0.217. The molecule has 0 bridgehead atoms. The first-order valence-corrected chi connectivity index (χ1v) is 6.45. The van der Waals surface area contributed by atoms with E-state index < -0.39 is 0 Å². The fourth-order valence-corrected chi connectivity index (χ4v) is 1.64. The van der Waals surface area contributed by atoms with Gasteiger partial charge in [0.25, 0.3) is 0 Å². The molecule has 90 valence electrons. The van der Waals surface area contributed by atoms with Crippen LogP contribution in [0.2, 0.25) is 0 Å². The maximum atomic E-state index is 5.60. The molecule has 0 atom stereocenters. The number of likely N-dealkylation sites (N-methyl/N-ethyl adjacent to an activating group) is 1. The number of aromatic nitrogens is 1. The van der Waals surface area contributed by atoms with E-state index in [1.807, 2.05) is 19.1 Å². The number of ether oxygens (including phenoxy) is 1. The summed E-state index contributed by atoms with van der Waals surface area (Å²) in [7, 11) is 0. The van der Waals surface area contributed by atoms with Gasteiger partial charge in [-0.25, -0.2) is 4.98 Å². The van der Waals surface area contributed by atoms with E-state index in [2.05, 4.69) is 39.7 Å². The Balaban J connectivity index is 2.40. The molecule has 3 nitrogen and oxygen atoms in total. The second-order valence-electron chi connectivity index (χ2n) is 3.59. The van der Waals surface area contributed by atoms with Crippen molar-refractivity contribution in [2.75, 3.05) is 26.2 Å². The Morgan fingerprint density at radius 2 is 2.00 bits per heavy atom. The van der Waals surface area contributed by atoms with E-state index in [0.717, 1.165) is 29.8 Å². The molecule has 1 heterocycles. The molecule has 1 aromatic heterocycles. The van der Waals surface area contributed by atoms with E-state index in [9.17, 15) is 0 Å². The van der Waals surface area contributed by atoms with Gasteiger partial charge in [0.2, 0.25) is 5.88 Å². The number of aryl methyl sites for hydroxylation is 1. The van der Waals surface area contributed by atoms with Crippen LogP contribution in [-0.4, -0.2) is 36.1 Å². The first kappa shape index (κ1) is 13.5. The average molecular weight is 287 g/mol. The molecule has 0 saturated carbocycles. The van der Waals surface area contributed by atoms with Gasteiger partial charge in [0, 0.05) is 17.1 Å². The van der Waals surface area contributed by atoms with Gasteiger partial charge in [-0.15, -0.1) is 0 Å². The van der Waals surface area contributed by atoms with Crippen LogP contribution in [0, 0.1) is 6.92 Å². The summed E-state index contributed by atoms with van der Waals surface area (Å²) in [4.78, 5) is 6.66. The predicted octanol–water partition coefficient (Wildman–Crippen LogP) is 2.87. The highest BCUT2D eigenvalue weighted by molar-refractivity contribution is 9.10. The largest absolute Gasteiger partial charge is 0.476 e. The van der Waals surface area contributed by atoms with Crippen LogP contribution < -0.4 is 4.74 Å². The monoisotopic (exact) mass is 286 g/mol. The minimum Gasteiger partial charge on any atom is -0.476 e. The summed E-state index contributed by atoms with van der Waals surface area (Å²) in [5, 5.41) is 0. The summed E-state index contributed by atoms with van der Waals surface area (Å²) in [5.74, 6) is 0.702. The van der Waals surface area contributed by atoms with Gasteiger partial charge >= 0.3 is 0 Å². The average Bonchev–Trinajstić information content (AvgIpc) is 2.29. The minimum absolute atomic E-state index is 0.690. The molecule has 0 aliphatic rings. The van der Waals surface area contributed by atoms with Crippen molar-refractivity contribution < 1.29 is 4.74 Å². The highest BCUT2D eigenvalue weighted by Crippen LogP contribution is 2.17. The van der Waals surface area contributed by atoms with Crippen LogP contribution in [0.3, 0.4) is 0 Å². The van der Waals surface area contributed by atoms with E-state index in [0.29, 0.717) is 12.5 Å². The Bertz CT molecular complexity index is 327. The third-order valence-electron chi connectivity index (χ3n) is 2.55. The van der Waals surface area contributed by atoms with Crippen molar-refractivity contribution in [3.8, 4) is 5.88 Å². The SMILES string of the molecule is CCN(CC)CCOc1ccc(Br)c(C)n1. The zero-order valence-corrected chi connectivity index (χ0v) is 11.7. The van der Waals surface area contributed by atoms with Crippen LogP contribution in [0.4, 0.5) is 0 Å². The van der Waals surface area contributed by atoms with Gasteiger partial charge < -0.3 is 9.64 Å². The first-order chi connectivity index (χ1) is 7.67. The lowest BCUT2D eigenvalue weighted by Gasteiger charge is -2.17. The zero-order valence-electron chi connectivity index (χ0n) is 10.2. The molecule has 0 fully saturated rings. The van der Waals surface area contributed by atoms with Gasteiger partial charge in [-0.2, -0.15) is 0 Å². The van der Waals surface area contributed by atoms with Crippen molar-refractivity contribution in [3.63, 3.8) is 0 Å². The molecule has 1 rings (SSSR count). The number of rotatable bonds is 6. The molecule has 0 unspecified atom stereocenters. The number of halogens is 1. The van der Waals surface area contributed by atoms with Crippen LogP contribution in [-0.2, 0) is 0 Å². The quantitative estimate of drug-likeness (QED) is 0.804. The fraction of sp³-hybridized carbons (Fsp3) is 0.583. The molecule has 0 N–H and O–H groups in total. The van der Waals surface area contributed by atoms with Crippen molar-refractivity contribution in [2.24, 2.45) is 0 Å². The Morgan fingerprint density at radius 3 is 2.56 bits per heavy atom. The van der Waals surface area contributed by atoms with Gasteiger partial charge in [-0.3, -0.25) is 0 Å². The molecule has 0 radical (unpaired) electrons. The Labute approximate surface area is 106 Å². The molecular weight excluding hydrogens is 268 g/mol. The van der Waals surface area contributed by atoms with Crippen LogP contribution in [0.1, 0.15) is 19.5 Å². The Kier molecular flexibility index (Phi) is 5.77. The highest BCUT2D eigenvalue weighted by atomic mass is 79.9. The molecule has 4 heteroatoms. The normalized spacial score (nSPS) is 10.8. The number of hydrogen-bond donors (Lipinski definition) is 0. The molecule has 0 spiro atoms. The lowest BCUT2D eigenvalue weighted by atomic mass is 10.4. The van der Waals surface area contributed by atoms with Crippen molar-refractivity contribution >= 4 is 15.9 Å². The first-order valence-electron chi connectivity index (χ1n) is 5.65. The van der Waals surface area contributed by atoms with E-state index >= 15 is 0 Å². The van der Waals surface area contributed by atoms with Crippen molar-refractivity contribution in [3.05, 3.63) is 22.3 Å². The van der Waals surface area contributed by atoms with Gasteiger partial charge in [0.1, 0.15) is 6.61 Å². The smallest absolute Gasteiger partial charge is 0.213 e. The highest BCUT2D eigenvalue weighted by Gasteiger charge is 2.02. The predicted molar refractivity (Wildman–Crippen MR) is 70.0 cm³/mol. The van der Waals surface area contributed by atoms with Crippen molar-refractivity contribution in [1.82, 2.24) is 9.88 Å². The molecule has 1 aromatic rings. The number of nitrogens with zero attached hydrogens (tertiary/aromatic N) is 2. The van der Waals surface area contributed by atoms with Gasteiger partial charge in [0.15, 0.2) is 0 Å². The standard InChI is InChI=1S/C12H19BrN2O/c1-4-15(5-2)8-9-16-12-7-6-11(13)10(3)14-12/h6-7H,4-5,8-9H2,1-3H3. The number of hydrogen-bond acceptors (Lipinski definition) is 3. The maximum Gasteiger partial charge on any atom is 0.213 e. The second-order valence-corrected chi connectivity index (χ2v) is 4.45. The summed E-state index contributed by atoms with van der Waals surface area (Å²) in [6, 6.07) is 3.86. The summed E-state index contributed by atoms with van der Waals surface area (Å²) in [6.45, 7) is 10.0. The molecular formula is C12H19BrN2O. The summed E-state index contributed by atoms with van der Waals surface area (Å²) in [5.41, 5.74) is 0.959. The zero-order chi connectivity index (χ0) is 12.0. The van der Waals surface area contributed by atoms with E-state index in [1.54, 1.807) is 0 Å². The molecule has 0 aromatic carbocycles. The van der Waals surface area contributed by atoms with E-state index in [4.69, 9.17) is 4.74 Å². The second kappa shape index (κ2) is 6.86. The van der Waals surface area contributed by atoms with Crippen molar-refractivity contribution in [2.45, 2.75) is 20.8 Å². The Hall–Kier alpha value is -0.610. The van der Waals surface area contributed by atoms with Gasteiger partial charge in [-0.05, 0) is 42.0 Å². The number of pyridine rings is 1. The minimum atomic E-state index is 0.690. The fourth-order valence-electron chi connectivity index (χ4n) is 1.42. The third-order valence-corrected chi connectivity index (χ3v) is 3.39. The van der Waals surface area contributed by atoms with Gasteiger partial charge in [0.05, 0.1) is 5.69 Å². The van der Waals surface area contributed by atoms with Crippen LogP contribution in [0.25, 0.3) is 0 Å². The van der Waals surface area contributed by atoms with Crippen molar-refractivity contribution in [1.29, 1.82) is 0 Å². The van der Waals surface area contributed by atoms with Crippen LogP contribution in [0.5, 0.6) is 5.88 Å². The van der Waals surface area contributed by atoms with Crippen LogP contribution in [0.15, 0.2) is 16.6 Å². The lowest BCUT2D eigenvalue weighted by Crippen LogP contribution is -2.28. The Morgan fingerprint density at radius 1 is 1.31 bits per heavy atom. The van der Waals surface area contributed by atoms with Gasteiger partial charge in [-0.1, -0.05) is 13.8 Å². The molecule has 0 aliphatic heterocycles. The maximum absolute atomic E-state index is 5.60. The molecule has 0 aliphatic carbocycles. The molecule has 0 amide bonds. The third kappa shape index (κ3) is 4.10.